The first-order valence-electron chi connectivity index (χ1n) is 5.32. The van der Waals surface area contributed by atoms with Gasteiger partial charge in [0.15, 0.2) is 0 Å². The molecule has 1 rings (SSSR count). The number of nitrogens with zero attached hydrogens (tertiary/aromatic N) is 1. The lowest BCUT2D eigenvalue weighted by atomic mass is 9.86. The molecule has 1 fully saturated rings. The first-order chi connectivity index (χ1) is 6.82. The molecular formula is C10H19F3N2. The zero-order valence-electron chi connectivity index (χ0n) is 9.49. The summed E-state index contributed by atoms with van der Waals surface area (Å²) in [6.07, 6.45) is -3.86. The molecular weight excluding hydrogens is 205 g/mol. The fourth-order valence-electron chi connectivity index (χ4n) is 2.10. The average Bonchev–Trinajstić information content (AvgIpc) is 2.16. The summed E-state index contributed by atoms with van der Waals surface area (Å²) >= 11 is 0. The van der Waals surface area contributed by atoms with Crippen molar-refractivity contribution in [1.82, 2.24) is 10.2 Å². The first kappa shape index (κ1) is 12.8. The van der Waals surface area contributed by atoms with Gasteiger partial charge in [-0.15, -0.1) is 0 Å². The average molecular weight is 224 g/mol. The van der Waals surface area contributed by atoms with Crippen LogP contribution >= 0.6 is 0 Å². The monoisotopic (exact) mass is 224 g/mol. The van der Waals surface area contributed by atoms with Crippen molar-refractivity contribution in [2.45, 2.75) is 44.4 Å². The molecule has 0 spiro atoms. The number of likely N-dealkylation sites (tertiary alicyclic amines) is 1. The fourth-order valence-corrected chi connectivity index (χ4v) is 2.10. The fraction of sp³-hybridized carbons (Fsp3) is 1.00. The highest BCUT2D eigenvalue weighted by molar-refractivity contribution is 4.98. The molecule has 0 atom stereocenters. The molecule has 1 saturated heterocycles. The predicted octanol–water partition coefficient (Wildman–Crippen LogP) is 2.01. The third-order valence-corrected chi connectivity index (χ3v) is 3.40. The van der Waals surface area contributed by atoms with Gasteiger partial charge in [0.25, 0.3) is 0 Å². The zero-order chi connectivity index (χ0) is 11.7. The van der Waals surface area contributed by atoms with Gasteiger partial charge in [-0.2, -0.15) is 13.2 Å². The Bertz CT molecular complexity index is 205. The Morgan fingerprint density at radius 1 is 1.20 bits per heavy atom. The predicted molar refractivity (Wildman–Crippen MR) is 53.8 cm³/mol. The Morgan fingerprint density at radius 3 is 1.93 bits per heavy atom. The third kappa shape index (κ3) is 2.45. The highest BCUT2D eigenvalue weighted by Crippen LogP contribution is 2.38. The van der Waals surface area contributed by atoms with Gasteiger partial charge in [0, 0.05) is 19.1 Å². The van der Waals surface area contributed by atoms with Crippen molar-refractivity contribution in [3.63, 3.8) is 0 Å². The molecule has 15 heavy (non-hydrogen) atoms. The molecule has 0 aromatic rings. The highest BCUT2D eigenvalue weighted by atomic mass is 19.4. The van der Waals surface area contributed by atoms with E-state index in [0.717, 1.165) is 0 Å². The second-order valence-electron chi connectivity index (χ2n) is 4.46. The number of alkyl halides is 3. The van der Waals surface area contributed by atoms with Crippen LogP contribution in [0.25, 0.3) is 0 Å². The van der Waals surface area contributed by atoms with Crippen LogP contribution in [0, 0.1) is 0 Å². The topological polar surface area (TPSA) is 15.3 Å². The maximum atomic E-state index is 12.8. The molecule has 0 radical (unpaired) electrons. The Hall–Kier alpha value is -0.290. The Kier molecular flexibility index (Phi) is 3.66. The van der Waals surface area contributed by atoms with Crippen LogP contribution in [0.5, 0.6) is 0 Å². The van der Waals surface area contributed by atoms with Gasteiger partial charge in [0.1, 0.15) is 5.54 Å². The minimum Gasteiger partial charge on any atom is -0.307 e. The summed E-state index contributed by atoms with van der Waals surface area (Å²) in [6, 6.07) is 0.327. The molecule has 1 aliphatic rings. The van der Waals surface area contributed by atoms with Crippen molar-refractivity contribution in [2.24, 2.45) is 0 Å². The summed E-state index contributed by atoms with van der Waals surface area (Å²) in [5.74, 6) is 0. The number of halogens is 3. The summed E-state index contributed by atoms with van der Waals surface area (Å²) < 4.78 is 38.5. The molecule has 1 heterocycles. The molecule has 0 unspecified atom stereocenters. The SMILES string of the molecule is CNC1(C(F)(F)F)CCN(C(C)C)CC1. The molecule has 0 amide bonds. The van der Waals surface area contributed by atoms with E-state index in [9.17, 15) is 13.2 Å². The van der Waals surface area contributed by atoms with Gasteiger partial charge in [0.05, 0.1) is 0 Å². The van der Waals surface area contributed by atoms with E-state index >= 15 is 0 Å². The summed E-state index contributed by atoms with van der Waals surface area (Å²) in [5, 5.41) is 2.47. The Labute approximate surface area is 88.8 Å². The van der Waals surface area contributed by atoms with Crippen LogP contribution in [0.1, 0.15) is 26.7 Å². The van der Waals surface area contributed by atoms with E-state index in [1.807, 2.05) is 13.8 Å². The summed E-state index contributed by atoms with van der Waals surface area (Å²) in [5.41, 5.74) is -1.67. The van der Waals surface area contributed by atoms with Crippen molar-refractivity contribution < 1.29 is 13.2 Å². The summed E-state index contributed by atoms with van der Waals surface area (Å²) in [7, 11) is 1.40. The lowest BCUT2D eigenvalue weighted by Gasteiger charge is -2.43. The van der Waals surface area contributed by atoms with E-state index in [-0.39, 0.29) is 12.8 Å². The molecule has 0 bridgehead atoms. The van der Waals surface area contributed by atoms with E-state index in [4.69, 9.17) is 0 Å². The second-order valence-corrected chi connectivity index (χ2v) is 4.46. The van der Waals surface area contributed by atoms with Crippen LogP contribution in [0.2, 0.25) is 0 Å². The minimum atomic E-state index is -4.15. The van der Waals surface area contributed by atoms with Crippen molar-refractivity contribution >= 4 is 0 Å². The number of rotatable bonds is 2. The van der Waals surface area contributed by atoms with Gasteiger partial charge in [-0.1, -0.05) is 0 Å². The van der Waals surface area contributed by atoms with Gasteiger partial charge >= 0.3 is 6.18 Å². The van der Waals surface area contributed by atoms with Crippen LogP contribution in [-0.4, -0.2) is 42.8 Å². The molecule has 2 nitrogen and oxygen atoms in total. The van der Waals surface area contributed by atoms with Gasteiger partial charge < -0.3 is 10.2 Å². The molecule has 90 valence electrons. The molecule has 5 heteroatoms. The van der Waals surface area contributed by atoms with E-state index in [2.05, 4.69) is 10.2 Å². The van der Waals surface area contributed by atoms with Crippen LogP contribution in [0.3, 0.4) is 0 Å². The normalized spacial score (nSPS) is 23.4. The van der Waals surface area contributed by atoms with Gasteiger partial charge in [-0.25, -0.2) is 0 Å². The van der Waals surface area contributed by atoms with Gasteiger partial charge in [-0.3, -0.25) is 0 Å². The molecule has 0 aliphatic carbocycles. The van der Waals surface area contributed by atoms with E-state index in [1.165, 1.54) is 7.05 Å². The van der Waals surface area contributed by atoms with Crippen molar-refractivity contribution in [3.8, 4) is 0 Å². The van der Waals surface area contributed by atoms with Crippen molar-refractivity contribution in [2.75, 3.05) is 20.1 Å². The number of piperidine rings is 1. The molecule has 0 saturated carbocycles. The van der Waals surface area contributed by atoms with Crippen LogP contribution in [-0.2, 0) is 0 Å². The molecule has 0 aromatic heterocycles. The third-order valence-electron chi connectivity index (χ3n) is 3.40. The quantitative estimate of drug-likeness (QED) is 0.772. The van der Waals surface area contributed by atoms with E-state index < -0.39 is 11.7 Å². The standard InChI is InChI=1S/C10H19F3N2/c1-8(2)15-6-4-9(14-3,5-7-15)10(11,12)13/h8,14H,4-7H2,1-3H3. The Balaban J connectivity index is 2.67. The van der Waals surface area contributed by atoms with Crippen molar-refractivity contribution in [3.05, 3.63) is 0 Å². The maximum Gasteiger partial charge on any atom is 0.406 e. The number of nitrogens with one attached hydrogen (secondary N) is 1. The second kappa shape index (κ2) is 4.29. The molecule has 0 aromatic carbocycles. The lowest BCUT2D eigenvalue weighted by Crippen LogP contribution is -2.61. The Morgan fingerprint density at radius 2 is 1.67 bits per heavy atom. The first-order valence-corrected chi connectivity index (χ1v) is 5.32. The van der Waals surface area contributed by atoms with Crippen LogP contribution in [0.15, 0.2) is 0 Å². The van der Waals surface area contributed by atoms with E-state index in [1.54, 1.807) is 0 Å². The van der Waals surface area contributed by atoms with Gasteiger partial charge in [0.2, 0.25) is 0 Å². The van der Waals surface area contributed by atoms with E-state index in [0.29, 0.717) is 19.1 Å². The highest BCUT2D eigenvalue weighted by Gasteiger charge is 2.54. The number of hydrogen-bond donors (Lipinski definition) is 1. The summed E-state index contributed by atoms with van der Waals surface area (Å²) in [6.45, 7) is 5.05. The minimum absolute atomic E-state index is 0.144. The largest absolute Gasteiger partial charge is 0.406 e. The van der Waals surface area contributed by atoms with Crippen molar-refractivity contribution in [1.29, 1.82) is 0 Å². The van der Waals surface area contributed by atoms with Gasteiger partial charge in [-0.05, 0) is 33.7 Å². The smallest absolute Gasteiger partial charge is 0.307 e. The molecule has 1 N–H and O–H groups in total. The zero-order valence-corrected chi connectivity index (χ0v) is 9.49. The van der Waals surface area contributed by atoms with Crippen LogP contribution < -0.4 is 5.32 Å². The maximum absolute atomic E-state index is 12.8. The summed E-state index contributed by atoms with van der Waals surface area (Å²) in [4.78, 5) is 2.08. The molecule has 1 aliphatic heterocycles. The lowest BCUT2D eigenvalue weighted by molar-refractivity contribution is -0.207. The van der Waals surface area contributed by atoms with Crippen LogP contribution in [0.4, 0.5) is 13.2 Å². The number of hydrogen-bond acceptors (Lipinski definition) is 2.